The number of ether oxygens (including phenoxy) is 1. The van der Waals surface area contributed by atoms with Crippen LogP contribution in [-0.4, -0.2) is 11.8 Å². The summed E-state index contributed by atoms with van der Waals surface area (Å²) >= 11 is 6.33. The Bertz CT molecular complexity index is 564. The fourth-order valence-electron chi connectivity index (χ4n) is 1.77. The molecule has 0 atom stereocenters. The minimum atomic E-state index is 0.260. The third-order valence-electron chi connectivity index (χ3n) is 3.02. The van der Waals surface area contributed by atoms with E-state index >= 15 is 0 Å². The van der Waals surface area contributed by atoms with Gasteiger partial charge < -0.3 is 15.0 Å². The Balaban J connectivity index is 1.90. The van der Waals surface area contributed by atoms with Crippen LogP contribution in [0, 0.1) is 5.92 Å². The molecule has 1 heterocycles. The predicted octanol–water partition coefficient (Wildman–Crippen LogP) is 3.37. The molecule has 0 unspecified atom stereocenters. The summed E-state index contributed by atoms with van der Waals surface area (Å²) in [5, 5.41) is 4.20. The fraction of sp³-hybridized carbons (Fsp3) is 0.308. The number of nitrogens with two attached hydrogens (primary N) is 1. The van der Waals surface area contributed by atoms with Gasteiger partial charge in [0.25, 0.3) is 0 Å². The Labute approximate surface area is 110 Å². The number of aromatic nitrogens is 1. The van der Waals surface area contributed by atoms with Gasteiger partial charge in [0.15, 0.2) is 0 Å². The van der Waals surface area contributed by atoms with Crippen LogP contribution in [0.3, 0.4) is 0 Å². The van der Waals surface area contributed by atoms with Gasteiger partial charge in [-0.2, -0.15) is 0 Å². The van der Waals surface area contributed by atoms with Crippen LogP contribution in [0.4, 0.5) is 5.88 Å². The van der Waals surface area contributed by atoms with Crippen LogP contribution in [0.1, 0.15) is 12.8 Å². The summed E-state index contributed by atoms with van der Waals surface area (Å²) in [5.41, 5.74) is 7.17. The summed E-state index contributed by atoms with van der Waals surface area (Å²) < 4.78 is 10.6. The normalized spacial score (nSPS) is 14.7. The lowest BCUT2D eigenvalue weighted by molar-refractivity contribution is 0.300. The summed E-state index contributed by atoms with van der Waals surface area (Å²) in [6.45, 7) is 0.724. The van der Waals surface area contributed by atoms with E-state index in [1.807, 2.05) is 18.2 Å². The zero-order valence-electron chi connectivity index (χ0n) is 9.73. The van der Waals surface area contributed by atoms with E-state index in [-0.39, 0.29) is 5.88 Å². The van der Waals surface area contributed by atoms with Crippen molar-refractivity contribution in [2.24, 2.45) is 5.92 Å². The Morgan fingerprint density at radius 3 is 2.89 bits per heavy atom. The van der Waals surface area contributed by atoms with E-state index in [0.717, 1.165) is 12.2 Å². The first-order valence-corrected chi connectivity index (χ1v) is 6.25. The number of nitrogen functional groups attached to an aromatic ring is 1. The van der Waals surface area contributed by atoms with Gasteiger partial charge in [0.2, 0.25) is 5.88 Å². The van der Waals surface area contributed by atoms with Crippen LogP contribution in [0.2, 0.25) is 5.02 Å². The van der Waals surface area contributed by atoms with Gasteiger partial charge in [0, 0.05) is 5.56 Å². The van der Waals surface area contributed by atoms with Gasteiger partial charge in [-0.1, -0.05) is 28.9 Å². The highest BCUT2D eigenvalue weighted by atomic mass is 35.5. The Morgan fingerprint density at radius 1 is 1.39 bits per heavy atom. The van der Waals surface area contributed by atoms with E-state index in [4.69, 9.17) is 26.6 Å². The molecule has 1 aliphatic rings. The van der Waals surface area contributed by atoms with E-state index in [0.29, 0.717) is 22.3 Å². The van der Waals surface area contributed by atoms with Crippen LogP contribution in [0.15, 0.2) is 28.9 Å². The van der Waals surface area contributed by atoms with Gasteiger partial charge >= 0.3 is 0 Å². The van der Waals surface area contributed by atoms with Gasteiger partial charge in [-0.25, -0.2) is 0 Å². The van der Waals surface area contributed by atoms with Crippen LogP contribution in [-0.2, 0) is 0 Å². The molecule has 0 aliphatic heterocycles. The molecule has 0 spiro atoms. The average Bonchev–Trinajstić information content (AvgIpc) is 3.10. The van der Waals surface area contributed by atoms with Crippen LogP contribution >= 0.6 is 11.6 Å². The first-order valence-electron chi connectivity index (χ1n) is 5.87. The average molecular weight is 265 g/mol. The molecule has 1 fully saturated rings. The van der Waals surface area contributed by atoms with E-state index in [1.54, 1.807) is 6.20 Å². The second-order valence-electron chi connectivity index (χ2n) is 4.48. The third-order valence-corrected chi connectivity index (χ3v) is 3.41. The molecule has 0 bridgehead atoms. The molecule has 18 heavy (non-hydrogen) atoms. The van der Waals surface area contributed by atoms with Crippen molar-refractivity contribution in [2.75, 3.05) is 12.3 Å². The van der Waals surface area contributed by atoms with Crippen molar-refractivity contribution in [1.29, 1.82) is 0 Å². The molecule has 1 aromatic carbocycles. The van der Waals surface area contributed by atoms with E-state index in [9.17, 15) is 0 Å². The van der Waals surface area contributed by atoms with Gasteiger partial charge in [-0.15, -0.1) is 0 Å². The molecule has 5 heteroatoms. The smallest absolute Gasteiger partial charge is 0.230 e. The highest BCUT2D eigenvalue weighted by molar-refractivity contribution is 6.35. The fourth-order valence-corrected chi connectivity index (χ4v) is 2.06. The van der Waals surface area contributed by atoms with Crippen molar-refractivity contribution in [3.05, 3.63) is 29.4 Å². The highest BCUT2D eigenvalue weighted by Gasteiger charge is 2.23. The van der Waals surface area contributed by atoms with Gasteiger partial charge in [-0.3, -0.25) is 0 Å². The van der Waals surface area contributed by atoms with Crippen molar-refractivity contribution in [2.45, 2.75) is 12.8 Å². The van der Waals surface area contributed by atoms with Gasteiger partial charge in [0.1, 0.15) is 5.75 Å². The first kappa shape index (κ1) is 11.4. The molecule has 3 rings (SSSR count). The second-order valence-corrected chi connectivity index (χ2v) is 4.85. The lowest BCUT2D eigenvalue weighted by Crippen LogP contribution is -1.99. The summed E-state index contributed by atoms with van der Waals surface area (Å²) in [4.78, 5) is 0. The molecule has 1 aliphatic carbocycles. The predicted molar refractivity (Wildman–Crippen MR) is 69.6 cm³/mol. The maximum absolute atomic E-state index is 6.33. The van der Waals surface area contributed by atoms with E-state index < -0.39 is 0 Å². The highest BCUT2D eigenvalue weighted by Crippen LogP contribution is 2.38. The summed E-state index contributed by atoms with van der Waals surface area (Å²) in [5.74, 6) is 1.63. The number of nitrogens with zero attached hydrogens (tertiary/aromatic N) is 1. The van der Waals surface area contributed by atoms with Crippen molar-refractivity contribution < 1.29 is 9.26 Å². The van der Waals surface area contributed by atoms with Crippen molar-refractivity contribution in [1.82, 2.24) is 5.16 Å². The Morgan fingerprint density at radius 2 is 2.22 bits per heavy atom. The summed E-state index contributed by atoms with van der Waals surface area (Å²) in [6.07, 6.45) is 4.05. The molecule has 0 saturated heterocycles. The minimum Gasteiger partial charge on any atom is -0.492 e. The molecule has 2 aromatic rings. The summed E-state index contributed by atoms with van der Waals surface area (Å²) in [6, 6.07) is 5.61. The number of hydrogen-bond donors (Lipinski definition) is 1. The lowest BCUT2D eigenvalue weighted by Gasteiger charge is -2.10. The van der Waals surface area contributed by atoms with Gasteiger partial charge in [-0.05, 0) is 24.8 Å². The SMILES string of the molecule is Nc1oncc1-c1cccc(OCC2CC2)c1Cl. The first-order chi connectivity index (χ1) is 8.75. The molecule has 0 amide bonds. The molecule has 2 N–H and O–H groups in total. The standard InChI is InChI=1S/C13H13ClN2O2/c14-12-9(10-6-16-18-13(10)15)2-1-3-11(12)17-7-8-4-5-8/h1-3,6,8H,4-5,7,15H2. The molecule has 94 valence electrons. The van der Waals surface area contributed by atoms with Crippen LogP contribution in [0.25, 0.3) is 11.1 Å². The largest absolute Gasteiger partial charge is 0.492 e. The quantitative estimate of drug-likeness (QED) is 0.920. The van der Waals surface area contributed by atoms with Crippen molar-refractivity contribution in [3.63, 3.8) is 0 Å². The van der Waals surface area contributed by atoms with Crippen molar-refractivity contribution in [3.8, 4) is 16.9 Å². The number of benzene rings is 1. The topological polar surface area (TPSA) is 61.3 Å². The number of rotatable bonds is 4. The number of anilines is 1. The molecule has 1 saturated carbocycles. The zero-order valence-corrected chi connectivity index (χ0v) is 10.5. The maximum atomic E-state index is 6.33. The van der Waals surface area contributed by atoms with Crippen LogP contribution < -0.4 is 10.5 Å². The third kappa shape index (κ3) is 2.16. The van der Waals surface area contributed by atoms with Crippen molar-refractivity contribution >= 4 is 17.5 Å². The molecular formula is C13H13ClN2O2. The monoisotopic (exact) mass is 264 g/mol. The van der Waals surface area contributed by atoms with E-state index in [1.165, 1.54) is 12.8 Å². The van der Waals surface area contributed by atoms with Gasteiger partial charge in [0.05, 0.1) is 23.4 Å². The zero-order chi connectivity index (χ0) is 12.5. The van der Waals surface area contributed by atoms with E-state index in [2.05, 4.69) is 5.16 Å². The molecule has 0 radical (unpaired) electrons. The number of halogens is 1. The number of hydrogen-bond acceptors (Lipinski definition) is 4. The Kier molecular flexibility index (Phi) is 2.88. The summed E-state index contributed by atoms with van der Waals surface area (Å²) in [7, 11) is 0. The maximum Gasteiger partial charge on any atom is 0.230 e. The minimum absolute atomic E-state index is 0.260. The second kappa shape index (κ2) is 4.53. The molecular weight excluding hydrogens is 252 g/mol. The Hall–Kier alpha value is -1.68. The van der Waals surface area contributed by atoms with Crippen LogP contribution in [0.5, 0.6) is 5.75 Å². The molecule has 4 nitrogen and oxygen atoms in total. The molecule has 1 aromatic heterocycles. The lowest BCUT2D eigenvalue weighted by atomic mass is 10.1.